The number of ether oxygens (including phenoxy) is 1. The van der Waals surface area contributed by atoms with Gasteiger partial charge in [0.2, 0.25) is 0 Å². The van der Waals surface area contributed by atoms with Crippen molar-refractivity contribution >= 4 is 5.57 Å². The van der Waals surface area contributed by atoms with Crippen molar-refractivity contribution in [1.29, 1.82) is 0 Å². The van der Waals surface area contributed by atoms with Crippen LogP contribution in [0.5, 0.6) is 5.75 Å². The van der Waals surface area contributed by atoms with Crippen molar-refractivity contribution in [2.24, 2.45) is 0 Å². The van der Waals surface area contributed by atoms with Crippen molar-refractivity contribution in [1.82, 2.24) is 0 Å². The van der Waals surface area contributed by atoms with Crippen LogP contribution in [0, 0.1) is 0 Å². The molecule has 0 saturated heterocycles. The molecular formula is C20H20O. The summed E-state index contributed by atoms with van der Waals surface area (Å²) < 4.78 is 6.11. The van der Waals surface area contributed by atoms with E-state index in [-0.39, 0.29) is 5.41 Å². The summed E-state index contributed by atoms with van der Waals surface area (Å²) in [4.78, 5) is 0. The standard InChI is InChI=1S/C20H20O/c1-13-15-11-12-21-19-16(14-7-5-4-6-8-14)9-10-17(18(15)19)20(13,2)3/h4-10H,11-12H2,1-3H3. The molecule has 21 heavy (non-hydrogen) atoms. The van der Waals surface area contributed by atoms with Crippen LogP contribution in [0.2, 0.25) is 0 Å². The van der Waals surface area contributed by atoms with E-state index in [0.717, 1.165) is 18.8 Å². The van der Waals surface area contributed by atoms with Crippen molar-refractivity contribution in [3.8, 4) is 16.9 Å². The van der Waals surface area contributed by atoms with Crippen molar-refractivity contribution in [3.05, 3.63) is 59.2 Å². The third kappa shape index (κ3) is 1.64. The molecule has 0 amide bonds. The first-order valence-electron chi connectivity index (χ1n) is 7.67. The molecule has 1 heteroatoms. The Labute approximate surface area is 126 Å². The fraction of sp³-hybridized carbons (Fsp3) is 0.300. The van der Waals surface area contributed by atoms with Gasteiger partial charge in [0.1, 0.15) is 5.75 Å². The monoisotopic (exact) mass is 276 g/mol. The minimum atomic E-state index is 0.127. The van der Waals surface area contributed by atoms with Gasteiger partial charge in [-0.3, -0.25) is 0 Å². The highest BCUT2D eigenvalue weighted by Gasteiger charge is 2.39. The molecule has 0 fully saturated rings. The molecule has 0 atom stereocenters. The van der Waals surface area contributed by atoms with Crippen LogP contribution in [0.4, 0.5) is 0 Å². The summed E-state index contributed by atoms with van der Waals surface area (Å²) in [6, 6.07) is 15.1. The van der Waals surface area contributed by atoms with Crippen molar-refractivity contribution in [3.63, 3.8) is 0 Å². The van der Waals surface area contributed by atoms with Gasteiger partial charge in [0.15, 0.2) is 0 Å². The van der Waals surface area contributed by atoms with E-state index >= 15 is 0 Å². The quantitative estimate of drug-likeness (QED) is 0.695. The highest BCUT2D eigenvalue weighted by Crippen LogP contribution is 2.54. The molecule has 1 aliphatic heterocycles. The minimum Gasteiger partial charge on any atom is -0.492 e. The van der Waals surface area contributed by atoms with Gasteiger partial charge in [-0.15, -0.1) is 0 Å². The molecule has 106 valence electrons. The van der Waals surface area contributed by atoms with Gasteiger partial charge < -0.3 is 4.74 Å². The second kappa shape index (κ2) is 4.24. The largest absolute Gasteiger partial charge is 0.492 e. The summed E-state index contributed by atoms with van der Waals surface area (Å²) in [5.41, 5.74) is 8.38. The Morgan fingerprint density at radius 1 is 1.00 bits per heavy atom. The maximum absolute atomic E-state index is 6.11. The fourth-order valence-corrected chi connectivity index (χ4v) is 3.73. The van der Waals surface area contributed by atoms with E-state index in [9.17, 15) is 0 Å². The molecule has 2 aliphatic rings. The van der Waals surface area contributed by atoms with E-state index in [0.29, 0.717) is 0 Å². The SMILES string of the molecule is CC1=C2CCOc3c(-c4ccccc4)ccc(c32)C1(C)C. The molecule has 0 N–H and O–H groups in total. The molecule has 1 heterocycles. The topological polar surface area (TPSA) is 9.23 Å². The summed E-state index contributed by atoms with van der Waals surface area (Å²) in [6.45, 7) is 7.72. The second-order valence-electron chi connectivity index (χ2n) is 6.56. The predicted octanol–water partition coefficient (Wildman–Crippen LogP) is 5.20. The number of hydrogen-bond donors (Lipinski definition) is 0. The fourth-order valence-electron chi connectivity index (χ4n) is 3.73. The van der Waals surface area contributed by atoms with Gasteiger partial charge in [-0.1, -0.05) is 61.9 Å². The van der Waals surface area contributed by atoms with Crippen molar-refractivity contribution < 1.29 is 4.74 Å². The average molecular weight is 276 g/mol. The van der Waals surface area contributed by atoms with Gasteiger partial charge >= 0.3 is 0 Å². The highest BCUT2D eigenvalue weighted by atomic mass is 16.5. The number of allylic oxidation sites excluding steroid dienone is 1. The Hall–Kier alpha value is -2.02. The van der Waals surface area contributed by atoms with Crippen LogP contribution in [0.3, 0.4) is 0 Å². The zero-order valence-electron chi connectivity index (χ0n) is 12.9. The summed E-state index contributed by atoms with van der Waals surface area (Å²) in [6.07, 6.45) is 1.04. The molecule has 0 bridgehead atoms. The van der Waals surface area contributed by atoms with E-state index in [1.54, 1.807) is 0 Å². The summed E-state index contributed by atoms with van der Waals surface area (Å²) in [7, 11) is 0. The smallest absolute Gasteiger partial charge is 0.134 e. The molecule has 4 rings (SSSR count). The molecule has 2 aromatic rings. The molecule has 1 aliphatic carbocycles. The van der Waals surface area contributed by atoms with Crippen LogP contribution in [-0.2, 0) is 5.41 Å². The molecule has 0 unspecified atom stereocenters. The molecule has 0 aromatic heterocycles. The second-order valence-corrected chi connectivity index (χ2v) is 6.56. The number of rotatable bonds is 1. The Bertz CT molecular complexity index is 751. The summed E-state index contributed by atoms with van der Waals surface area (Å²) in [5, 5.41) is 0. The highest BCUT2D eigenvalue weighted by molar-refractivity contribution is 5.89. The Morgan fingerprint density at radius 2 is 1.76 bits per heavy atom. The molecule has 1 nitrogen and oxygen atoms in total. The third-order valence-corrected chi connectivity index (χ3v) is 5.21. The van der Waals surface area contributed by atoms with Crippen molar-refractivity contribution in [2.45, 2.75) is 32.6 Å². The first-order valence-corrected chi connectivity index (χ1v) is 7.67. The average Bonchev–Trinajstić information content (AvgIpc) is 2.71. The lowest BCUT2D eigenvalue weighted by atomic mass is 9.81. The number of benzene rings is 2. The zero-order valence-corrected chi connectivity index (χ0v) is 12.9. The van der Waals surface area contributed by atoms with E-state index in [1.165, 1.54) is 33.4 Å². The molecule has 0 spiro atoms. The molecule has 0 radical (unpaired) electrons. The number of hydrogen-bond acceptors (Lipinski definition) is 1. The first-order chi connectivity index (χ1) is 10.1. The maximum Gasteiger partial charge on any atom is 0.134 e. The first kappa shape index (κ1) is 12.7. The lowest BCUT2D eigenvalue weighted by Crippen LogP contribution is -2.15. The molecule has 0 saturated carbocycles. The van der Waals surface area contributed by atoms with E-state index in [4.69, 9.17) is 4.74 Å². The van der Waals surface area contributed by atoms with Crippen molar-refractivity contribution in [2.75, 3.05) is 6.61 Å². The normalized spacial score (nSPS) is 18.4. The summed E-state index contributed by atoms with van der Waals surface area (Å²) in [5.74, 6) is 1.09. The third-order valence-electron chi connectivity index (χ3n) is 5.21. The maximum atomic E-state index is 6.11. The van der Waals surface area contributed by atoms with Crippen LogP contribution in [-0.4, -0.2) is 6.61 Å². The predicted molar refractivity (Wildman–Crippen MR) is 87.6 cm³/mol. The summed E-state index contributed by atoms with van der Waals surface area (Å²) >= 11 is 0. The minimum absolute atomic E-state index is 0.127. The lowest BCUT2D eigenvalue weighted by molar-refractivity contribution is 0.318. The molecule has 2 aromatic carbocycles. The molecular weight excluding hydrogens is 256 g/mol. The zero-order chi connectivity index (χ0) is 14.6. The van der Waals surface area contributed by atoms with Crippen LogP contribution >= 0.6 is 0 Å². The van der Waals surface area contributed by atoms with Crippen LogP contribution in [0.25, 0.3) is 16.7 Å². The van der Waals surface area contributed by atoms with E-state index < -0.39 is 0 Å². The Balaban J connectivity index is 2.02. The van der Waals surface area contributed by atoms with E-state index in [1.807, 2.05) is 0 Å². The van der Waals surface area contributed by atoms with Gasteiger partial charge in [0, 0.05) is 23.0 Å². The van der Waals surface area contributed by atoms with Gasteiger partial charge in [-0.2, -0.15) is 0 Å². The van der Waals surface area contributed by atoms with Crippen LogP contribution in [0.15, 0.2) is 48.0 Å². The van der Waals surface area contributed by atoms with E-state index in [2.05, 4.69) is 63.2 Å². The van der Waals surface area contributed by atoms with Crippen LogP contribution in [0.1, 0.15) is 38.3 Å². The van der Waals surface area contributed by atoms with Crippen LogP contribution < -0.4 is 4.74 Å². The van der Waals surface area contributed by atoms with Gasteiger partial charge in [-0.05, 0) is 23.6 Å². The Kier molecular flexibility index (Phi) is 2.56. The van der Waals surface area contributed by atoms with Gasteiger partial charge in [0.25, 0.3) is 0 Å². The lowest BCUT2D eigenvalue weighted by Gasteiger charge is -2.24. The Morgan fingerprint density at radius 3 is 2.52 bits per heavy atom. The van der Waals surface area contributed by atoms with Gasteiger partial charge in [0.05, 0.1) is 6.61 Å². The van der Waals surface area contributed by atoms with Gasteiger partial charge in [-0.25, -0.2) is 0 Å².